The highest BCUT2D eigenvalue weighted by molar-refractivity contribution is 5.41. The third-order valence-electron chi connectivity index (χ3n) is 3.82. The van der Waals surface area contributed by atoms with Gasteiger partial charge in [-0.3, -0.25) is 0 Å². The third-order valence-corrected chi connectivity index (χ3v) is 3.82. The predicted molar refractivity (Wildman–Crippen MR) is 76.3 cm³/mol. The number of aliphatic hydroxyl groups excluding tert-OH is 1. The van der Waals surface area contributed by atoms with Crippen molar-refractivity contribution in [2.24, 2.45) is 0 Å². The highest BCUT2D eigenvalue weighted by atomic mass is 16.5. The van der Waals surface area contributed by atoms with Gasteiger partial charge in [-0.25, -0.2) is 0 Å². The molecule has 1 saturated carbocycles. The Morgan fingerprint density at radius 2 is 2.00 bits per heavy atom. The predicted octanol–water partition coefficient (Wildman–Crippen LogP) is 1.50. The number of ether oxygens (including phenoxy) is 3. The fourth-order valence-corrected chi connectivity index (χ4v) is 2.41. The minimum atomic E-state index is -0.623. The largest absolute Gasteiger partial charge is 0.497 e. The van der Waals surface area contributed by atoms with Gasteiger partial charge in [-0.2, -0.15) is 0 Å². The molecule has 1 aliphatic carbocycles. The average molecular weight is 281 g/mol. The zero-order valence-corrected chi connectivity index (χ0v) is 12.3. The molecule has 0 aromatic heterocycles. The van der Waals surface area contributed by atoms with Crippen LogP contribution in [0.1, 0.15) is 24.5 Å². The molecule has 1 aliphatic rings. The van der Waals surface area contributed by atoms with E-state index in [9.17, 15) is 5.11 Å². The van der Waals surface area contributed by atoms with Crippen LogP contribution < -0.4 is 14.8 Å². The molecule has 0 radical (unpaired) electrons. The maximum atomic E-state index is 10.3. The standard InChI is InChI=1S/C15H23NO4/c1-18-11-4-5-15(20-3)13(8-11)14(17)9-16-10-6-12(7-10)19-2/h4-5,8,10,12,14,16-17H,6-7,9H2,1-3H3. The van der Waals surface area contributed by atoms with E-state index in [4.69, 9.17) is 14.2 Å². The lowest BCUT2D eigenvalue weighted by molar-refractivity contribution is 0.0136. The molecule has 1 unspecified atom stereocenters. The molecule has 2 N–H and O–H groups in total. The van der Waals surface area contributed by atoms with Crippen molar-refractivity contribution in [3.8, 4) is 11.5 Å². The smallest absolute Gasteiger partial charge is 0.124 e. The van der Waals surface area contributed by atoms with Crippen molar-refractivity contribution in [1.82, 2.24) is 5.32 Å². The number of methoxy groups -OCH3 is 3. The van der Waals surface area contributed by atoms with Gasteiger partial charge in [-0.1, -0.05) is 0 Å². The van der Waals surface area contributed by atoms with Gasteiger partial charge in [-0.05, 0) is 31.0 Å². The monoisotopic (exact) mass is 281 g/mol. The van der Waals surface area contributed by atoms with Crippen molar-refractivity contribution in [3.05, 3.63) is 23.8 Å². The molecule has 0 aliphatic heterocycles. The molecule has 0 amide bonds. The Morgan fingerprint density at radius 1 is 1.25 bits per heavy atom. The molecule has 1 fully saturated rings. The molecule has 0 heterocycles. The van der Waals surface area contributed by atoms with E-state index in [1.807, 2.05) is 18.2 Å². The van der Waals surface area contributed by atoms with Gasteiger partial charge in [0, 0.05) is 25.3 Å². The molecule has 20 heavy (non-hydrogen) atoms. The molecule has 112 valence electrons. The average Bonchev–Trinajstić information content (AvgIpc) is 2.44. The van der Waals surface area contributed by atoms with Crippen LogP contribution in [0.5, 0.6) is 11.5 Å². The Kier molecular flexibility index (Phi) is 5.23. The second-order valence-corrected chi connectivity index (χ2v) is 5.06. The number of aliphatic hydroxyl groups is 1. The van der Waals surface area contributed by atoms with E-state index in [1.165, 1.54) is 0 Å². The van der Waals surface area contributed by atoms with E-state index < -0.39 is 6.10 Å². The third kappa shape index (κ3) is 3.42. The molecule has 1 aromatic rings. The molecule has 5 heteroatoms. The molecule has 0 spiro atoms. The van der Waals surface area contributed by atoms with Crippen LogP contribution in [0.25, 0.3) is 0 Å². The minimum Gasteiger partial charge on any atom is -0.497 e. The maximum absolute atomic E-state index is 10.3. The van der Waals surface area contributed by atoms with Gasteiger partial charge in [0.1, 0.15) is 11.5 Å². The SMILES string of the molecule is COc1ccc(OC)c(C(O)CNC2CC(OC)C2)c1. The Bertz CT molecular complexity index is 432. The molecular weight excluding hydrogens is 258 g/mol. The number of hydrogen-bond donors (Lipinski definition) is 2. The molecule has 1 aromatic carbocycles. The summed E-state index contributed by atoms with van der Waals surface area (Å²) in [5.74, 6) is 1.38. The molecule has 5 nitrogen and oxygen atoms in total. The van der Waals surface area contributed by atoms with Crippen LogP contribution >= 0.6 is 0 Å². The fraction of sp³-hybridized carbons (Fsp3) is 0.600. The van der Waals surface area contributed by atoms with E-state index in [-0.39, 0.29) is 0 Å². The summed E-state index contributed by atoms with van der Waals surface area (Å²) < 4.78 is 15.7. The first-order valence-electron chi connectivity index (χ1n) is 6.84. The quantitative estimate of drug-likeness (QED) is 0.793. The Balaban J connectivity index is 1.92. The van der Waals surface area contributed by atoms with Gasteiger partial charge in [0.05, 0.1) is 26.4 Å². The zero-order chi connectivity index (χ0) is 14.5. The first-order chi connectivity index (χ1) is 9.67. The lowest BCUT2D eigenvalue weighted by atomic mass is 9.89. The number of nitrogens with one attached hydrogen (secondary N) is 1. The molecule has 2 rings (SSSR count). The van der Waals surface area contributed by atoms with Crippen molar-refractivity contribution < 1.29 is 19.3 Å². The normalized spacial score (nSPS) is 23.0. The van der Waals surface area contributed by atoms with E-state index in [0.717, 1.165) is 18.4 Å². The summed E-state index contributed by atoms with van der Waals surface area (Å²) in [5, 5.41) is 13.7. The topological polar surface area (TPSA) is 60.0 Å². The van der Waals surface area contributed by atoms with Gasteiger partial charge in [0.15, 0.2) is 0 Å². The van der Waals surface area contributed by atoms with Crippen molar-refractivity contribution >= 4 is 0 Å². The number of rotatable bonds is 7. The maximum Gasteiger partial charge on any atom is 0.124 e. The highest BCUT2D eigenvalue weighted by Crippen LogP contribution is 2.30. The van der Waals surface area contributed by atoms with Crippen molar-refractivity contribution in [2.75, 3.05) is 27.9 Å². The fourth-order valence-electron chi connectivity index (χ4n) is 2.41. The summed E-state index contributed by atoms with van der Waals surface area (Å²) in [6.45, 7) is 0.491. The first kappa shape index (κ1) is 15.1. The number of hydrogen-bond acceptors (Lipinski definition) is 5. The van der Waals surface area contributed by atoms with Crippen LogP contribution in [0.15, 0.2) is 18.2 Å². The Morgan fingerprint density at radius 3 is 2.60 bits per heavy atom. The van der Waals surface area contributed by atoms with Crippen LogP contribution in [0, 0.1) is 0 Å². The highest BCUT2D eigenvalue weighted by Gasteiger charge is 2.29. The van der Waals surface area contributed by atoms with Gasteiger partial charge < -0.3 is 24.6 Å². The van der Waals surface area contributed by atoms with E-state index >= 15 is 0 Å². The summed E-state index contributed by atoms with van der Waals surface area (Å²) in [4.78, 5) is 0. The van der Waals surface area contributed by atoms with Gasteiger partial charge in [-0.15, -0.1) is 0 Å². The minimum absolute atomic E-state index is 0.357. The summed E-state index contributed by atoms with van der Waals surface area (Å²) in [7, 11) is 4.94. The van der Waals surface area contributed by atoms with E-state index in [0.29, 0.717) is 30.2 Å². The lowest BCUT2D eigenvalue weighted by Gasteiger charge is -2.35. The van der Waals surface area contributed by atoms with Crippen LogP contribution in [0.2, 0.25) is 0 Å². The summed E-state index contributed by atoms with van der Waals surface area (Å²) in [6, 6.07) is 5.86. The van der Waals surface area contributed by atoms with Crippen LogP contribution in [0.3, 0.4) is 0 Å². The number of benzene rings is 1. The Hall–Kier alpha value is -1.30. The van der Waals surface area contributed by atoms with Crippen LogP contribution in [-0.4, -0.2) is 45.1 Å². The first-order valence-corrected chi connectivity index (χ1v) is 6.84. The van der Waals surface area contributed by atoms with Crippen molar-refractivity contribution in [2.45, 2.75) is 31.1 Å². The van der Waals surface area contributed by atoms with Crippen LogP contribution in [0.4, 0.5) is 0 Å². The van der Waals surface area contributed by atoms with Crippen LogP contribution in [-0.2, 0) is 4.74 Å². The van der Waals surface area contributed by atoms with Crippen molar-refractivity contribution in [3.63, 3.8) is 0 Å². The summed E-state index contributed by atoms with van der Waals surface area (Å²) >= 11 is 0. The Labute approximate surface area is 119 Å². The van der Waals surface area contributed by atoms with E-state index in [1.54, 1.807) is 21.3 Å². The summed E-state index contributed by atoms with van der Waals surface area (Å²) in [5.41, 5.74) is 0.738. The second-order valence-electron chi connectivity index (χ2n) is 5.06. The molecule has 1 atom stereocenters. The molecule has 0 bridgehead atoms. The van der Waals surface area contributed by atoms with Crippen molar-refractivity contribution in [1.29, 1.82) is 0 Å². The van der Waals surface area contributed by atoms with Gasteiger partial charge >= 0.3 is 0 Å². The lowest BCUT2D eigenvalue weighted by Crippen LogP contribution is -2.46. The summed E-state index contributed by atoms with van der Waals surface area (Å²) in [6.07, 6.45) is 1.73. The van der Waals surface area contributed by atoms with Gasteiger partial charge in [0.2, 0.25) is 0 Å². The second kappa shape index (κ2) is 6.92. The van der Waals surface area contributed by atoms with E-state index in [2.05, 4.69) is 5.32 Å². The molecule has 0 saturated heterocycles. The van der Waals surface area contributed by atoms with Gasteiger partial charge in [0.25, 0.3) is 0 Å². The zero-order valence-electron chi connectivity index (χ0n) is 12.3. The molecular formula is C15H23NO4.